The van der Waals surface area contributed by atoms with E-state index >= 15 is 0 Å². The predicted octanol–water partition coefficient (Wildman–Crippen LogP) is 8.73. The number of rotatable bonds is 12. The lowest BCUT2D eigenvalue weighted by molar-refractivity contribution is -0.132. The Morgan fingerprint density at radius 1 is 1.04 bits per heavy atom. The number of ether oxygens (including phenoxy) is 2. The van der Waals surface area contributed by atoms with E-state index in [-0.39, 0.29) is 16.3 Å². The van der Waals surface area contributed by atoms with Crippen LogP contribution in [0.2, 0.25) is 10.0 Å². The molecule has 46 heavy (non-hydrogen) atoms. The Bertz CT molecular complexity index is 1780. The molecule has 4 aromatic rings. The van der Waals surface area contributed by atoms with Crippen LogP contribution in [0.3, 0.4) is 0 Å². The number of hydrogen-bond acceptors (Lipinski definition) is 9. The van der Waals surface area contributed by atoms with Gasteiger partial charge in [-0.1, -0.05) is 72.3 Å². The molecule has 0 radical (unpaired) electrons. The molecule has 0 aliphatic carbocycles. The van der Waals surface area contributed by atoms with Gasteiger partial charge in [-0.25, -0.2) is 4.39 Å². The van der Waals surface area contributed by atoms with Gasteiger partial charge in [0.25, 0.3) is 5.78 Å². The summed E-state index contributed by atoms with van der Waals surface area (Å²) in [5.41, 5.74) is 1.31. The summed E-state index contributed by atoms with van der Waals surface area (Å²) in [7, 11) is 0. The van der Waals surface area contributed by atoms with Gasteiger partial charge < -0.3 is 14.6 Å². The average Bonchev–Trinajstić information content (AvgIpc) is 3.59. The highest BCUT2D eigenvalue weighted by molar-refractivity contribution is 8.00. The largest absolute Gasteiger partial charge is 0.507 e. The zero-order valence-electron chi connectivity index (χ0n) is 25.1. The highest BCUT2D eigenvalue weighted by atomic mass is 35.5. The van der Waals surface area contributed by atoms with Crippen molar-refractivity contribution in [2.75, 3.05) is 18.1 Å². The molecule has 1 saturated heterocycles. The summed E-state index contributed by atoms with van der Waals surface area (Å²) in [5, 5.41) is 21.1. The molecular weight excluding hydrogens is 672 g/mol. The highest BCUT2D eigenvalue weighted by Gasteiger charge is 2.48. The summed E-state index contributed by atoms with van der Waals surface area (Å²) in [6.07, 6.45) is 0.840. The van der Waals surface area contributed by atoms with Gasteiger partial charge in [0.05, 0.1) is 24.8 Å². The molecule has 13 heteroatoms. The van der Waals surface area contributed by atoms with Crippen molar-refractivity contribution < 1.29 is 28.6 Å². The third-order valence-electron chi connectivity index (χ3n) is 7.07. The summed E-state index contributed by atoms with van der Waals surface area (Å²) < 4.78 is 26.1. The van der Waals surface area contributed by atoms with Crippen molar-refractivity contribution in [3.05, 3.63) is 98.8 Å². The quantitative estimate of drug-likeness (QED) is 0.0515. The van der Waals surface area contributed by atoms with Crippen molar-refractivity contribution in [1.82, 2.24) is 10.2 Å². The number of carbonyl (C=O) groups is 2. The van der Waals surface area contributed by atoms with E-state index in [1.807, 2.05) is 13.0 Å². The van der Waals surface area contributed by atoms with Gasteiger partial charge >= 0.3 is 5.91 Å². The van der Waals surface area contributed by atoms with Gasteiger partial charge in [0.15, 0.2) is 15.8 Å². The molecule has 1 unspecified atom stereocenters. The average molecular weight is 703 g/mol. The molecule has 1 amide bonds. The molecule has 0 spiro atoms. The van der Waals surface area contributed by atoms with Gasteiger partial charge in [-0.05, 0) is 78.9 Å². The number of aromatic nitrogens is 2. The third-order valence-corrected chi connectivity index (χ3v) is 9.76. The molecule has 240 valence electrons. The Balaban J connectivity index is 1.55. The zero-order valence-corrected chi connectivity index (χ0v) is 28.3. The van der Waals surface area contributed by atoms with Crippen LogP contribution < -0.4 is 14.4 Å². The second kappa shape index (κ2) is 14.8. The monoisotopic (exact) mass is 701 g/mol. The minimum absolute atomic E-state index is 0.158. The lowest BCUT2D eigenvalue weighted by atomic mass is 9.95. The van der Waals surface area contributed by atoms with Crippen LogP contribution in [0, 0.1) is 11.7 Å². The Morgan fingerprint density at radius 3 is 2.50 bits per heavy atom. The molecule has 0 saturated carbocycles. The van der Waals surface area contributed by atoms with Crippen molar-refractivity contribution in [3.63, 3.8) is 0 Å². The van der Waals surface area contributed by atoms with Crippen LogP contribution in [0.1, 0.15) is 49.9 Å². The molecule has 2 heterocycles. The molecule has 3 aromatic carbocycles. The van der Waals surface area contributed by atoms with Crippen LogP contribution in [0.25, 0.3) is 5.76 Å². The second-order valence-electron chi connectivity index (χ2n) is 10.7. The SMILES string of the molecule is CCOc1cc(C2/C(=C(\O)c3ccc(F)cc3)C(=O)C(=O)N2c2nnc(SCc3ccc(Cl)cc3Cl)s2)ccc1OCCC(C)C. The standard InChI is InChI=1S/C33H30Cl2FN3O5S2/c1-4-43-26-15-20(8-12-25(26)44-14-13-18(2)3)28-27(29(40)19-6-10-23(36)11-7-19)30(41)31(42)39(28)32-37-38-33(46-32)45-17-21-5-9-22(34)16-24(21)35/h5-12,15-16,18,28,40H,4,13-14,17H2,1-3H3/b29-27+. The van der Waals surface area contributed by atoms with Gasteiger partial charge in [-0.3, -0.25) is 14.5 Å². The summed E-state index contributed by atoms with van der Waals surface area (Å²) >= 11 is 14.8. The number of anilines is 1. The normalized spacial score (nSPS) is 16.0. The van der Waals surface area contributed by atoms with Gasteiger partial charge in [0.2, 0.25) is 5.13 Å². The van der Waals surface area contributed by atoms with E-state index in [1.54, 1.807) is 30.3 Å². The number of amides is 1. The molecule has 1 aliphatic rings. The van der Waals surface area contributed by atoms with Crippen LogP contribution in [0.15, 0.2) is 70.6 Å². The second-order valence-corrected chi connectivity index (χ2v) is 13.7. The Labute approximate surface area is 284 Å². The Hall–Kier alpha value is -3.64. The molecule has 1 atom stereocenters. The predicted molar refractivity (Wildman–Crippen MR) is 180 cm³/mol. The fourth-order valence-electron chi connectivity index (χ4n) is 4.73. The van der Waals surface area contributed by atoms with E-state index < -0.39 is 29.3 Å². The highest BCUT2D eigenvalue weighted by Crippen LogP contribution is 2.46. The maximum Gasteiger partial charge on any atom is 0.301 e. The fourth-order valence-corrected chi connectivity index (χ4v) is 7.16. The molecule has 0 bridgehead atoms. The van der Waals surface area contributed by atoms with Crippen molar-refractivity contribution >= 4 is 68.9 Å². The number of thioether (sulfide) groups is 1. The summed E-state index contributed by atoms with van der Waals surface area (Å²) in [4.78, 5) is 28.5. The minimum Gasteiger partial charge on any atom is -0.507 e. The topological polar surface area (TPSA) is 102 Å². The summed E-state index contributed by atoms with van der Waals surface area (Å²) in [6.45, 7) is 6.86. The van der Waals surface area contributed by atoms with E-state index in [1.165, 1.54) is 28.8 Å². The van der Waals surface area contributed by atoms with Gasteiger partial charge in [-0.15, -0.1) is 10.2 Å². The van der Waals surface area contributed by atoms with Gasteiger partial charge in [-0.2, -0.15) is 0 Å². The number of aliphatic hydroxyl groups excluding tert-OH is 1. The Kier molecular flexibility index (Phi) is 10.9. The number of aliphatic hydroxyl groups is 1. The van der Waals surface area contributed by atoms with Crippen LogP contribution in [0.4, 0.5) is 9.52 Å². The molecule has 1 N–H and O–H groups in total. The van der Waals surface area contributed by atoms with E-state index in [4.69, 9.17) is 32.7 Å². The van der Waals surface area contributed by atoms with Crippen LogP contribution in [0.5, 0.6) is 11.5 Å². The minimum atomic E-state index is -1.09. The maximum atomic E-state index is 13.7. The summed E-state index contributed by atoms with van der Waals surface area (Å²) in [5.74, 6) is -0.926. The van der Waals surface area contributed by atoms with Crippen LogP contribution >= 0.6 is 46.3 Å². The number of hydrogen-bond donors (Lipinski definition) is 1. The molecule has 8 nitrogen and oxygen atoms in total. The van der Waals surface area contributed by atoms with Gasteiger partial charge in [0.1, 0.15) is 11.6 Å². The number of carbonyl (C=O) groups excluding carboxylic acids is 2. The van der Waals surface area contributed by atoms with E-state index in [2.05, 4.69) is 24.0 Å². The molecule has 1 fully saturated rings. The van der Waals surface area contributed by atoms with Crippen molar-refractivity contribution in [1.29, 1.82) is 0 Å². The summed E-state index contributed by atoms with van der Waals surface area (Å²) in [6, 6.07) is 14.3. The van der Waals surface area contributed by atoms with E-state index in [0.717, 1.165) is 35.5 Å². The third kappa shape index (κ3) is 7.49. The zero-order chi connectivity index (χ0) is 33.0. The molecule has 1 aromatic heterocycles. The van der Waals surface area contributed by atoms with Crippen molar-refractivity contribution in [2.24, 2.45) is 5.92 Å². The maximum absolute atomic E-state index is 13.7. The number of nitrogens with zero attached hydrogens (tertiary/aromatic N) is 3. The lowest BCUT2D eigenvalue weighted by Crippen LogP contribution is -2.29. The smallest absolute Gasteiger partial charge is 0.301 e. The molecular formula is C33H30Cl2FN3O5S2. The fraction of sp³-hybridized carbons (Fsp3) is 0.273. The number of Topliss-reactive ketones (excluding diaryl/α,β-unsaturated/α-hetero) is 1. The van der Waals surface area contributed by atoms with Crippen molar-refractivity contribution in [3.8, 4) is 11.5 Å². The number of benzene rings is 3. The first kappa shape index (κ1) is 33.7. The lowest BCUT2D eigenvalue weighted by Gasteiger charge is -2.23. The first-order valence-electron chi connectivity index (χ1n) is 14.4. The van der Waals surface area contributed by atoms with Crippen LogP contribution in [-0.2, 0) is 15.3 Å². The van der Waals surface area contributed by atoms with Crippen molar-refractivity contribution in [2.45, 2.75) is 43.3 Å². The van der Waals surface area contributed by atoms with Crippen LogP contribution in [-0.4, -0.2) is 40.2 Å². The number of halogens is 3. The van der Waals surface area contributed by atoms with E-state index in [9.17, 15) is 19.1 Å². The van der Waals surface area contributed by atoms with Gasteiger partial charge in [0, 0.05) is 21.4 Å². The molecule has 5 rings (SSSR count). The first-order chi connectivity index (χ1) is 22.1. The number of ketones is 1. The Morgan fingerprint density at radius 2 is 1.80 bits per heavy atom. The van der Waals surface area contributed by atoms with E-state index in [0.29, 0.717) is 56.3 Å². The first-order valence-corrected chi connectivity index (χ1v) is 17.0. The molecule has 1 aliphatic heterocycles.